The van der Waals surface area contributed by atoms with E-state index in [4.69, 9.17) is 10.2 Å². The van der Waals surface area contributed by atoms with E-state index in [9.17, 15) is 14.7 Å². The summed E-state index contributed by atoms with van der Waals surface area (Å²) in [4.78, 5) is 22.3. The van der Waals surface area contributed by atoms with Gasteiger partial charge in [-0.2, -0.15) is 0 Å². The fraction of sp³-hybridized carbons (Fsp3) is 0.529. The summed E-state index contributed by atoms with van der Waals surface area (Å²) in [7, 11) is 0. The summed E-state index contributed by atoms with van der Waals surface area (Å²) in [5, 5.41) is 29.7. The Kier molecular flexibility index (Phi) is 8.94. The van der Waals surface area contributed by atoms with Gasteiger partial charge in [-0.3, -0.25) is 9.59 Å². The van der Waals surface area contributed by atoms with Crippen LogP contribution in [0.2, 0.25) is 0 Å². The molecule has 0 saturated carbocycles. The lowest BCUT2D eigenvalue weighted by Gasteiger charge is -2.09. The van der Waals surface area contributed by atoms with Gasteiger partial charge in [-0.1, -0.05) is 31.4 Å². The first-order valence-corrected chi connectivity index (χ1v) is 7.93. The second kappa shape index (κ2) is 10.7. The van der Waals surface area contributed by atoms with Crippen molar-refractivity contribution in [1.29, 1.82) is 0 Å². The van der Waals surface area contributed by atoms with Crippen LogP contribution in [0.3, 0.4) is 0 Å². The van der Waals surface area contributed by atoms with Gasteiger partial charge < -0.3 is 20.6 Å². The number of amides is 1. The number of hydrogen-bond donors (Lipinski definition) is 4. The molecule has 0 spiro atoms. The Hall–Kier alpha value is -1.92. The molecule has 4 N–H and O–H groups in total. The number of unbranched alkanes of at least 4 members (excludes halogenated alkanes) is 4. The first-order chi connectivity index (χ1) is 11.0. The highest BCUT2D eigenvalue weighted by Gasteiger charge is 2.08. The van der Waals surface area contributed by atoms with Crippen LogP contribution >= 0.6 is 0 Å². The number of aliphatic hydroxyl groups excluding tert-OH is 2. The maximum atomic E-state index is 11.9. The molecule has 0 radical (unpaired) electrons. The molecule has 1 rings (SSSR count). The van der Waals surface area contributed by atoms with Crippen molar-refractivity contribution in [2.75, 3.05) is 13.2 Å². The lowest BCUT2D eigenvalue weighted by molar-refractivity contribution is -0.137. The maximum Gasteiger partial charge on any atom is 0.303 e. The number of carboxylic acids is 1. The molecule has 1 atom stereocenters. The maximum absolute atomic E-state index is 11.9. The summed E-state index contributed by atoms with van der Waals surface area (Å²) >= 11 is 0. The third-order valence-electron chi connectivity index (χ3n) is 3.58. The highest BCUT2D eigenvalue weighted by molar-refractivity contribution is 5.94. The van der Waals surface area contributed by atoms with Crippen LogP contribution < -0.4 is 5.32 Å². The van der Waals surface area contributed by atoms with Gasteiger partial charge in [0.15, 0.2) is 0 Å². The van der Waals surface area contributed by atoms with Gasteiger partial charge in [-0.25, -0.2) is 0 Å². The van der Waals surface area contributed by atoms with Crippen molar-refractivity contribution in [2.24, 2.45) is 0 Å². The minimum atomic E-state index is -0.923. The Morgan fingerprint density at radius 1 is 1.00 bits per heavy atom. The van der Waals surface area contributed by atoms with E-state index in [1.54, 1.807) is 24.3 Å². The largest absolute Gasteiger partial charge is 0.481 e. The van der Waals surface area contributed by atoms with Crippen LogP contribution in [0.15, 0.2) is 24.3 Å². The summed E-state index contributed by atoms with van der Waals surface area (Å²) in [6.45, 7) is 0.233. The van der Waals surface area contributed by atoms with Crippen molar-refractivity contribution in [1.82, 2.24) is 5.32 Å². The van der Waals surface area contributed by atoms with Gasteiger partial charge in [0.2, 0.25) is 0 Å². The molecule has 0 aliphatic carbocycles. The molecule has 1 unspecified atom stereocenters. The fourth-order valence-electron chi connectivity index (χ4n) is 2.20. The van der Waals surface area contributed by atoms with Crippen LogP contribution in [0.4, 0.5) is 0 Å². The van der Waals surface area contributed by atoms with Gasteiger partial charge in [0.25, 0.3) is 5.91 Å². The zero-order chi connectivity index (χ0) is 17.1. The fourth-order valence-corrected chi connectivity index (χ4v) is 2.20. The molecule has 0 aromatic heterocycles. The van der Waals surface area contributed by atoms with Gasteiger partial charge in [-0.05, 0) is 30.5 Å². The lowest BCUT2D eigenvalue weighted by atomic mass is 10.1. The average molecular weight is 323 g/mol. The standard InChI is InChI=1S/C17H25NO5/c19-12-15(20)13-7-9-14(10-8-13)17(23)18-11-5-3-1-2-4-6-16(21)22/h7-10,15,19-20H,1-6,11-12H2,(H,18,23)(H,21,22). The number of nitrogens with one attached hydrogen (secondary N) is 1. The van der Waals surface area contributed by atoms with Crippen molar-refractivity contribution in [3.63, 3.8) is 0 Å². The second-order valence-electron chi connectivity index (χ2n) is 5.49. The molecule has 0 fully saturated rings. The molecular formula is C17H25NO5. The van der Waals surface area contributed by atoms with Crippen LogP contribution in [0.5, 0.6) is 0 Å². The predicted molar refractivity (Wildman–Crippen MR) is 86.2 cm³/mol. The number of carbonyl (C=O) groups excluding carboxylic acids is 1. The Labute approximate surface area is 136 Å². The highest BCUT2D eigenvalue weighted by Crippen LogP contribution is 2.13. The van der Waals surface area contributed by atoms with E-state index in [1.165, 1.54) is 0 Å². The monoisotopic (exact) mass is 323 g/mol. The van der Waals surface area contributed by atoms with E-state index < -0.39 is 12.1 Å². The topological polar surface area (TPSA) is 107 Å². The number of carboxylic acid groups (broad SMARTS) is 1. The minimum Gasteiger partial charge on any atom is -0.481 e. The lowest BCUT2D eigenvalue weighted by Crippen LogP contribution is -2.24. The Bertz CT molecular complexity index is 486. The molecule has 1 amide bonds. The van der Waals surface area contributed by atoms with E-state index in [0.717, 1.165) is 25.7 Å². The number of benzene rings is 1. The number of aliphatic carboxylic acids is 1. The summed E-state index contributed by atoms with van der Waals surface area (Å²) in [6.07, 6.45) is 3.69. The van der Waals surface area contributed by atoms with E-state index in [-0.39, 0.29) is 18.9 Å². The van der Waals surface area contributed by atoms with E-state index in [0.29, 0.717) is 24.1 Å². The zero-order valence-electron chi connectivity index (χ0n) is 13.2. The SMILES string of the molecule is O=C(O)CCCCCCCNC(=O)c1ccc(C(O)CO)cc1. The number of aliphatic hydroxyl groups is 2. The van der Waals surface area contributed by atoms with Gasteiger partial charge in [0.1, 0.15) is 6.10 Å². The summed E-state index contributed by atoms with van der Waals surface area (Å²) < 4.78 is 0. The first-order valence-electron chi connectivity index (χ1n) is 7.93. The molecule has 0 saturated heterocycles. The quantitative estimate of drug-likeness (QED) is 0.465. The van der Waals surface area contributed by atoms with E-state index >= 15 is 0 Å². The molecule has 6 nitrogen and oxygen atoms in total. The number of hydrogen-bond acceptors (Lipinski definition) is 4. The van der Waals surface area contributed by atoms with Crippen molar-refractivity contribution in [3.8, 4) is 0 Å². The molecule has 0 heterocycles. The van der Waals surface area contributed by atoms with Crippen LogP contribution in [0.1, 0.15) is 60.6 Å². The second-order valence-corrected chi connectivity index (χ2v) is 5.49. The van der Waals surface area contributed by atoms with E-state index in [2.05, 4.69) is 5.32 Å². The van der Waals surface area contributed by atoms with Crippen molar-refractivity contribution in [2.45, 2.75) is 44.6 Å². The Balaban J connectivity index is 2.18. The van der Waals surface area contributed by atoms with Gasteiger partial charge in [0, 0.05) is 18.5 Å². The van der Waals surface area contributed by atoms with Crippen molar-refractivity contribution in [3.05, 3.63) is 35.4 Å². The Morgan fingerprint density at radius 3 is 2.22 bits per heavy atom. The van der Waals surface area contributed by atoms with Gasteiger partial charge in [0.05, 0.1) is 6.61 Å². The number of rotatable bonds is 11. The zero-order valence-corrected chi connectivity index (χ0v) is 13.2. The average Bonchev–Trinajstić information content (AvgIpc) is 2.56. The summed E-state index contributed by atoms with van der Waals surface area (Å²) in [5.74, 6) is -0.921. The smallest absolute Gasteiger partial charge is 0.303 e. The summed E-state index contributed by atoms with van der Waals surface area (Å²) in [5.41, 5.74) is 1.09. The van der Waals surface area contributed by atoms with E-state index in [1.807, 2.05) is 0 Å². The molecule has 23 heavy (non-hydrogen) atoms. The van der Waals surface area contributed by atoms with Crippen LogP contribution in [0.25, 0.3) is 0 Å². The highest BCUT2D eigenvalue weighted by atomic mass is 16.4. The third kappa shape index (κ3) is 7.76. The minimum absolute atomic E-state index is 0.166. The van der Waals surface area contributed by atoms with Crippen molar-refractivity contribution < 1.29 is 24.9 Å². The molecule has 1 aromatic carbocycles. The summed E-state index contributed by atoms with van der Waals surface area (Å²) in [6, 6.07) is 6.49. The molecule has 0 bridgehead atoms. The molecule has 0 aliphatic rings. The first kappa shape index (κ1) is 19.1. The third-order valence-corrected chi connectivity index (χ3v) is 3.58. The Morgan fingerprint density at radius 2 is 1.61 bits per heavy atom. The van der Waals surface area contributed by atoms with Crippen LogP contribution in [-0.4, -0.2) is 40.3 Å². The van der Waals surface area contributed by atoms with Crippen molar-refractivity contribution >= 4 is 11.9 Å². The van der Waals surface area contributed by atoms with Crippen LogP contribution in [-0.2, 0) is 4.79 Å². The molecule has 1 aromatic rings. The molecule has 6 heteroatoms. The molecule has 0 aliphatic heterocycles. The van der Waals surface area contributed by atoms with Gasteiger partial charge >= 0.3 is 5.97 Å². The van der Waals surface area contributed by atoms with Gasteiger partial charge in [-0.15, -0.1) is 0 Å². The normalized spacial score (nSPS) is 11.9. The molecular weight excluding hydrogens is 298 g/mol. The number of carbonyl (C=O) groups is 2. The predicted octanol–water partition coefficient (Wildman–Crippen LogP) is 1.87. The van der Waals surface area contributed by atoms with Crippen LogP contribution in [0, 0.1) is 0 Å². The molecule has 128 valence electrons.